The van der Waals surface area contributed by atoms with E-state index >= 15 is 0 Å². The Labute approximate surface area is 47.2 Å². The maximum atomic E-state index is 4.85. The highest BCUT2D eigenvalue weighted by atomic mass is 32.1. The molecule has 0 aliphatic carbocycles. The van der Waals surface area contributed by atoms with Crippen LogP contribution in [0.2, 0.25) is 0 Å². The van der Waals surface area contributed by atoms with E-state index in [9.17, 15) is 0 Å². The fraction of sp³-hybridized carbons (Fsp3) is 0.250. The molecule has 0 amide bonds. The summed E-state index contributed by atoms with van der Waals surface area (Å²) in [5.41, 5.74) is 0. The van der Waals surface area contributed by atoms with E-state index in [-0.39, 0.29) is 6.23 Å². The molecular formula is C4H5NOS. The van der Waals surface area contributed by atoms with Gasteiger partial charge in [-0.3, -0.25) is 0 Å². The van der Waals surface area contributed by atoms with Crippen molar-refractivity contribution in [2.24, 2.45) is 0 Å². The van der Waals surface area contributed by atoms with Crippen LogP contribution in [0.5, 0.6) is 0 Å². The van der Waals surface area contributed by atoms with Crippen LogP contribution >= 0.6 is 12.2 Å². The third-order valence-electron chi connectivity index (χ3n) is 0.677. The Morgan fingerprint density at radius 3 is 3.00 bits per heavy atom. The molecule has 0 fully saturated rings. The standard InChI is InChI=1S/C4H5NOS/c7-3-4-5-1-2-6-4/h1-5H. The van der Waals surface area contributed by atoms with Gasteiger partial charge in [-0.05, 0) is 0 Å². The molecule has 0 aromatic rings. The average molecular weight is 115 g/mol. The van der Waals surface area contributed by atoms with Crippen LogP contribution in [0, 0.1) is 0 Å². The van der Waals surface area contributed by atoms with E-state index in [2.05, 4.69) is 17.5 Å². The third-order valence-corrected chi connectivity index (χ3v) is 0.924. The van der Waals surface area contributed by atoms with E-state index in [1.165, 1.54) is 5.37 Å². The summed E-state index contributed by atoms with van der Waals surface area (Å²) in [6.45, 7) is 0. The molecule has 1 aliphatic rings. The Hall–Kier alpha value is -0.570. The van der Waals surface area contributed by atoms with Crippen LogP contribution in [-0.2, 0) is 4.74 Å². The van der Waals surface area contributed by atoms with Crippen LogP contribution in [0.15, 0.2) is 12.5 Å². The summed E-state index contributed by atoms with van der Waals surface area (Å²) >= 11 is 4.56. The molecule has 3 heteroatoms. The van der Waals surface area contributed by atoms with Gasteiger partial charge in [0, 0.05) is 11.6 Å². The van der Waals surface area contributed by atoms with Crippen molar-refractivity contribution in [3.05, 3.63) is 12.5 Å². The zero-order valence-corrected chi connectivity index (χ0v) is 4.44. The lowest BCUT2D eigenvalue weighted by Crippen LogP contribution is -2.20. The second-order valence-corrected chi connectivity index (χ2v) is 1.43. The Kier molecular flexibility index (Phi) is 1.26. The first-order valence-corrected chi connectivity index (χ1v) is 2.42. The van der Waals surface area contributed by atoms with E-state index < -0.39 is 0 Å². The molecular weight excluding hydrogens is 110 g/mol. The summed E-state index contributed by atoms with van der Waals surface area (Å²) in [6.07, 6.45) is 3.22. The predicted octanol–water partition coefficient (Wildman–Crippen LogP) is 0.403. The molecule has 1 atom stereocenters. The van der Waals surface area contributed by atoms with Gasteiger partial charge in [0.2, 0.25) is 0 Å². The van der Waals surface area contributed by atoms with Gasteiger partial charge in [-0.1, -0.05) is 12.2 Å². The van der Waals surface area contributed by atoms with Crippen LogP contribution in [0.1, 0.15) is 0 Å². The van der Waals surface area contributed by atoms with E-state index in [0.29, 0.717) is 0 Å². The lowest BCUT2D eigenvalue weighted by atomic mass is 10.7. The molecule has 0 radical (unpaired) electrons. The van der Waals surface area contributed by atoms with Crippen molar-refractivity contribution in [3.8, 4) is 0 Å². The monoisotopic (exact) mass is 115 g/mol. The fourth-order valence-corrected chi connectivity index (χ4v) is 0.511. The van der Waals surface area contributed by atoms with Crippen molar-refractivity contribution in [2.75, 3.05) is 0 Å². The smallest absolute Gasteiger partial charge is 0.198 e. The maximum absolute atomic E-state index is 4.85. The van der Waals surface area contributed by atoms with Gasteiger partial charge in [0.15, 0.2) is 6.23 Å². The van der Waals surface area contributed by atoms with E-state index in [1.807, 2.05) is 0 Å². The minimum Gasteiger partial charge on any atom is -0.472 e. The molecule has 1 aliphatic heterocycles. The second kappa shape index (κ2) is 1.93. The van der Waals surface area contributed by atoms with Crippen molar-refractivity contribution in [1.82, 2.24) is 5.32 Å². The lowest BCUT2D eigenvalue weighted by molar-refractivity contribution is 0.220. The molecule has 1 rings (SSSR count). The summed E-state index contributed by atoms with van der Waals surface area (Å²) in [4.78, 5) is 0. The van der Waals surface area contributed by atoms with Gasteiger partial charge in [-0.15, -0.1) is 0 Å². The van der Waals surface area contributed by atoms with Crippen LogP contribution in [0.4, 0.5) is 0 Å². The van der Waals surface area contributed by atoms with Gasteiger partial charge in [-0.2, -0.15) is 0 Å². The number of hydrogen-bond acceptors (Lipinski definition) is 3. The first-order chi connectivity index (χ1) is 3.43. The SMILES string of the molecule is S=CC1NC=CO1. The number of rotatable bonds is 1. The highest BCUT2D eigenvalue weighted by molar-refractivity contribution is 7.79. The number of thiocarbonyl (C=S) groups is 1. The summed E-state index contributed by atoms with van der Waals surface area (Å²) in [7, 11) is 0. The predicted molar refractivity (Wildman–Crippen MR) is 30.8 cm³/mol. The number of hydrogen-bond donors (Lipinski definition) is 1. The molecule has 38 valence electrons. The highest BCUT2D eigenvalue weighted by Crippen LogP contribution is 1.91. The zero-order valence-electron chi connectivity index (χ0n) is 3.63. The Morgan fingerprint density at radius 1 is 1.86 bits per heavy atom. The Morgan fingerprint density at radius 2 is 2.71 bits per heavy atom. The number of ether oxygens (including phenoxy) is 1. The summed E-state index contributed by atoms with van der Waals surface area (Å²) in [5, 5.41) is 4.37. The number of nitrogens with one attached hydrogen (secondary N) is 1. The van der Waals surface area contributed by atoms with Crippen LogP contribution in [0.3, 0.4) is 0 Å². The van der Waals surface area contributed by atoms with E-state index in [1.54, 1.807) is 12.5 Å². The average Bonchev–Trinajstić information content (AvgIpc) is 2.14. The molecule has 1 N–H and O–H groups in total. The van der Waals surface area contributed by atoms with Crippen LogP contribution < -0.4 is 5.32 Å². The van der Waals surface area contributed by atoms with Gasteiger partial charge >= 0.3 is 0 Å². The molecule has 1 unspecified atom stereocenters. The molecule has 0 aromatic carbocycles. The molecule has 7 heavy (non-hydrogen) atoms. The maximum Gasteiger partial charge on any atom is 0.198 e. The minimum atomic E-state index is -0.0741. The fourth-order valence-electron chi connectivity index (χ4n) is 0.369. The first-order valence-electron chi connectivity index (χ1n) is 1.95. The summed E-state index contributed by atoms with van der Waals surface area (Å²) in [6, 6.07) is 0. The topological polar surface area (TPSA) is 21.3 Å². The largest absolute Gasteiger partial charge is 0.472 e. The molecule has 0 spiro atoms. The van der Waals surface area contributed by atoms with Crippen molar-refractivity contribution < 1.29 is 4.74 Å². The first kappa shape index (κ1) is 4.59. The highest BCUT2D eigenvalue weighted by Gasteiger charge is 2.02. The molecule has 0 saturated heterocycles. The van der Waals surface area contributed by atoms with Crippen molar-refractivity contribution in [1.29, 1.82) is 0 Å². The van der Waals surface area contributed by atoms with Gasteiger partial charge in [0.25, 0.3) is 0 Å². The van der Waals surface area contributed by atoms with Crippen molar-refractivity contribution >= 4 is 17.6 Å². The van der Waals surface area contributed by atoms with E-state index in [4.69, 9.17) is 4.74 Å². The minimum absolute atomic E-state index is 0.0741. The molecule has 0 saturated carbocycles. The van der Waals surface area contributed by atoms with Crippen LogP contribution in [-0.4, -0.2) is 11.6 Å². The third kappa shape index (κ3) is 0.899. The summed E-state index contributed by atoms with van der Waals surface area (Å²) in [5.74, 6) is 0. The zero-order chi connectivity index (χ0) is 5.11. The van der Waals surface area contributed by atoms with Gasteiger partial charge in [-0.25, -0.2) is 0 Å². The molecule has 0 bridgehead atoms. The second-order valence-electron chi connectivity index (χ2n) is 1.16. The Balaban J connectivity index is 2.35. The van der Waals surface area contributed by atoms with Crippen molar-refractivity contribution in [3.63, 3.8) is 0 Å². The lowest BCUT2D eigenvalue weighted by Gasteiger charge is -2.00. The van der Waals surface area contributed by atoms with Crippen molar-refractivity contribution in [2.45, 2.75) is 6.23 Å². The van der Waals surface area contributed by atoms with E-state index in [0.717, 1.165) is 0 Å². The Bertz CT molecular complexity index is 93.9. The molecule has 2 nitrogen and oxygen atoms in total. The van der Waals surface area contributed by atoms with Crippen LogP contribution in [0.25, 0.3) is 0 Å². The molecule has 0 aromatic heterocycles. The van der Waals surface area contributed by atoms with Gasteiger partial charge in [0.1, 0.15) is 6.26 Å². The summed E-state index contributed by atoms with van der Waals surface area (Å²) < 4.78 is 4.85. The normalized spacial score (nSPS) is 26.0. The van der Waals surface area contributed by atoms with Gasteiger partial charge < -0.3 is 10.1 Å². The quantitative estimate of drug-likeness (QED) is 0.500. The van der Waals surface area contributed by atoms with Gasteiger partial charge in [0.05, 0.1) is 0 Å². The molecule has 1 heterocycles.